The predicted molar refractivity (Wildman–Crippen MR) is 43.5 cm³/mol. The van der Waals surface area contributed by atoms with Crippen molar-refractivity contribution in [2.75, 3.05) is 14.1 Å². The molecule has 5 nitrogen and oxygen atoms in total. The number of amides is 1. The van der Waals surface area contributed by atoms with Crippen molar-refractivity contribution in [3.8, 4) is 0 Å². The highest BCUT2D eigenvalue weighted by atomic mass is 16.4. The van der Waals surface area contributed by atoms with E-state index in [2.05, 4.69) is 0 Å². The molecule has 0 aromatic heterocycles. The van der Waals surface area contributed by atoms with Gasteiger partial charge in [-0.15, -0.1) is 0 Å². The Morgan fingerprint density at radius 1 is 1.50 bits per heavy atom. The maximum atomic E-state index is 10.7. The number of carboxylic acids is 1. The van der Waals surface area contributed by atoms with E-state index < -0.39 is 17.4 Å². The van der Waals surface area contributed by atoms with Crippen LogP contribution in [0.4, 0.5) is 0 Å². The largest absolute Gasteiger partial charge is 0.480 e. The van der Waals surface area contributed by atoms with Gasteiger partial charge in [0.15, 0.2) is 0 Å². The van der Waals surface area contributed by atoms with E-state index in [0.717, 1.165) is 0 Å². The van der Waals surface area contributed by atoms with Gasteiger partial charge in [0, 0.05) is 0 Å². The molecule has 1 atom stereocenters. The molecule has 1 amide bonds. The summed E-state index contributed by atoms with van der Waals surface area (Å²) in [6.07, 6.45) is -0.185. The van der Waals surface area contributed by atoms with E-state index in [1.807, 2.05) is 0 Å². The van der Waals surface area contributed by atoms with Crippen LogP contribution in [0.5, 0.6) is 0 Å². The number of nitrogens with zero attached hydrogens (tertiary/aromatic N) is 1. The molecule has 70 valence electrons. The van der Waals surface area contributed by atoms with Gasteiger partial charge >= 0.3 is 5.97 Å². The van der Waals surface area contributed by atoms with Crippen molar-refractivity contribution >= 4 is 11.9 Å². The van der Waals surface area contributed by atoms with Gasteiger partial charge in [-0.05, 0) is 21.0 Å². The molecule has 0 aliphatic carbocycles. The Morgan fingerprint density at radius 3 is 2.00 bits per heavy atom. The van der Waals surface area contributed by atoms with Gasteiger partial charge in [0.2, 0.25) is 5.91 Å². The van der Waals surface area contributed by atoms with Gasteiger partial charge < -0.3 is 10.8 Å². The molecule has 0 fully saturated rings. The molecular weight excluding hydrogens is 160 g/mol. The number of likely N-dealkylation sites (N-methyl/N-ethyl adjacent to an activating group) is 1. The van der Waals surface area contributed by atoms with Crippen LogP contribution in [-0.4, -0.2) is 41.5 Å². The summed E-state index contributed by atoms with van der Waals surface area (Å²) in [4.78, 5) is 22.8. The fraction of sp³-hybridized carbons (Fsp3) is 0.714. The number of hydrogen-bond donors (Lipinski definition) is 2. The molecule has 0 spiro atoms. The molecule has 1 unspecified atom stereocenters. The smallest absolute Gasteiger partial charge is 0.324 e. The van der Waals surface area contributed by atoms with Crippen molar-refractivity contribution in [2.45, 2.75) is 18.9 Å². The monoisotopic (exact) mass is 174 g/mol. The summed E-state index contributed by atoms with van der Waals surface area (Å²) in [6.45, 7) is 1.46. The van der Waals surface area contributed by atoms with Gasteiger partial charge in [0.25, 0.3) is 0 Å². The molecule has 0 heterocycles. The van der Waals surface area contributed by atoms with Crippen LogP contribution in [0.2, 0.25) is 0 Å². The molecule has 0 radical (unpaired) electrons. The van der Waals surface area contributed by atoms with Crippen LogP contribution in [-0.2, 0) is 9.59 Å². The van der Waals surface area contributed by atoms with E-state index in [-0.39, 0.29) is 6.42 Å². The first kappa shape index (κ1) is 10.9. The number of aliphatic carboxylic acids is 1. The number of carbonyl (C=O) groups excluding carboxylic acids is 1. The minimum absolute atomic E-state index is 0.185. The summed E-state index contributed by atoms with van der Waals surface area (Å²) >= 11 is 0. The number of carbonyl (C=O) groups is 2. The Balaban J connectivity index is 4.62. The number of hydrogen-bond acceptors (Lipinski definition) is 3. The van der Waals surface area contributed by atoms with Gasteiger partial charge in [0.1, 0.15) is 5.54 Å². The van der Waals surface area contributed by atoms with Gasteiger partial charge in [-0.2, -0.15) is 0 Å². The molecular formula is C7H14N2O3. The minimum atomic E-state index is -1.20. The fourth-order valence-electron chi connectivity index (χ4n) is 0.764. The van der Waals surface area contributed by atoms with Crippen LogP contribution in [0.15, 0.2) is 0 Å². The summed E-state index contributed by atoms with van der Waals surface area (Å²) in [7, 11) is 3.19. The van der Waals surface area contributed by atoms with Crippen molar-refractivity contribution < 1.29 is 14.7 Å². The SMILES string of the molecule is CN(C)C(C)(CC(N)=O)C(=O)O. The summed E-state index contributed by atoms with van der Waals surface area (Å²) in [5, 5.41) is 8.80. The number of nitrogens with two attached hydrogens (primary N) is 1. The van der Waals surface area contributed by atoms with Crippen molar-refractivity contribution in [3.05, 3.63) is 0 Å². The molecule has 0 aromatic carbocycles. The summed E-state index contributed by atoms with van der Waals surface area (Å²) in [5.74, 6) is -1.67. The van der Waals surface area contributed by atoms with E-state index in [4.69, 9.17) is 10.8 Å². The van der Waals surface area contributed by atoms with E-state index >= 15 is 0 Å². The highest BCUT2D eigenvalue weighted by Crippen LogP contribution is 2.15. The summed E-state index contributed by atoms with van der Waals surface area (Å²) in [6, 6.07) is 0. The standard InChI is InChI=1S/C7H14N2O3/c1-7(6(11)12,9(2)3)4-5(8)10/h4H2,1-3H3,(H2,8,10)(H,11,12). The number of primary amides is 1. The molecule has 0 aliphatic heterocycles. The third kappa shape index (κ3) is 2.20. The maximum absolute atomic E-state index is 10.7. The summed E-state index contributed by atoms with van der Waals surface area (Å²) < 4.78 is 0. The predicted octanol–water partition coefficient (Wildman–Crippen LogP) is -0.733. The second-order valence-electron chi connectivity index (χ2n) is 3.12. The van der Waals surface area contributed by atoms with E-state index in [9.17, 15) is 9.59 Å². The van der Waals surface area contributed by atoms with Crippen molar-refractivity contribution in [1.29, 1.82) is 0 Å². The van der Waals surface area contributed by atoms with Crippen molar-refractivity contribution in [1.82, 2.24) is 4.90 Å². The fourth-order valence-corrected chi connectivity index (χ4v) is 0.764. The van der Waals surface area contributed by atoms with Crippen LogP contribution >= 0.6 is 0 Å². The second-order valence-corrected chi connectivity index (χ2v) is 3.12. The highest BCUT2D eigenvalue weighted by Gasteiger charge is 2.37. The van der Waals surface area contributed by atoms with Gasteiger partial charge in [-0.25, -0.2) is 0 Å². The molecule has 0 saturated carbocycles. The third-order valence-electron chi connectivity index (χ3n) is 1.97. The summed E-state index contributed by atoms with van der Waals surface area (Å²) in [5.41, 5.74) is 3.72. The number of rotatable bonds is 4. The van der Waals surface area contributed by atoms with E-state index in [1.165, 1.54) is 11.8 Å². The van der Waals surface area contributed by atoms with E-state index in [1.54, 1.807) is 14.1 Å². The Bertz CT molecular complexity index is 203. The lowest BCUT2D eigenvalue weighted by Gasteiger charge is -2.30. The maximum Gasteiger partial charge on any atom is 0.324 e. The zero-order valence-electron chi connectivity index (χ0n) is 7.50. The third-order valence-corrected chi connectivity index (χ3v) is 1.97. The zero-order valence-corrected chi connectivity index (χ0v) is 7.50. The van der Waals surface area contributed by atoms with Crippen LogP contribution in [0.1, 0.15) is 13.3 Å². The van der Waals surface area contributed by atoms with Gasteiger partial charge in [-0.1, -0.05) is 0 Å². The lowest BCUT2D eigenvalue weighted by Crippen LogP contribution is -2.50. The van der Waals surface area contributed by atoms with Crippen LogP contribution in [0.3, 0.4) is 0 Å². The first-order valence-corrected chi connectivity index (χ1v) is 3.50. The second kappa shape index (κ2) is 3.53. The molecule has 5 heteroatoms. The first-order valence-electron chi connectivity index (χ1n) is 3.50. The topological polar surface area (TPSA) is 83.6 Å². The first-order chi connectivity index (χ1) is 5.30. The van der Waals surface area contributed by atoms with Gasteiger partial charge in [-0.3, -0.25) is 14.5 Å². The molecule has 12 heavy (non-hydrogen) atoms. The average Bonchev–Trinajstić information content (AvgIpc) is 1.84. The Kier molecular flexibility index (Phi) is 3.21. The zero-order chi connectivity index (χ0) is 9.94. The lowest BCUT2D eigenvalue weighted by molar-refractivity contribution is -0.151. The van der Waals surface area contributed by atoms with E-state index in [0.29, 0.717) is 0 Å². The van der Waals surface area contributed by atoms with Crippen molar-refractivity contribution in [2.24, 2.45) is 5.73 Å². The Morgan fingerprint density at radius 2 is 1.92 bits per heavy atom. The van der Waals surface area contributed by atoms with Crippen LogP contribution in [0, 0.1) is 0 Å². The number of carboxylic acid groups (broad SMARTS) is 1. The molecule has 3 N–H and O–H groups in total. The Hall–Kier alpha value is -1.10. The highest BCUT2D eigenvalue weighted by molar-refractivity contribution is 5.86. The molecule has 0 bridgehead atoms. The average molecular weight is 174 g/mol. The normalized spacial score (nSPS) is 15.7. The molecule has 0 saturated heterocycles. The van der Waals surface area contributed by atoms with Gasteiger partial charge in [0.05, 0.1) is 6.42 Å². The molecule has 0 aliphatic rings. The molecule has 0 rings (SSSR count). The van der Waals surface area contributed by atoms with Crippen LogP contribution in [0.25, 0.3) is 0 Å². The Labute approximate surface area is 71.1 Å². The quantitative estimate of drug-likeness (QED) is 0.588. The van der Waals surface area contributed by atoms with Crippen LogP contribution < -0.4 is 5.73 Å². The minimum Gasteiger partial charge on any atom is -0.480 e. The van der Waals surface area contributed by atoms with Crippen molar-refractivity contribution in [3.63, 3.8) is 0 Å². The molecule has 0 aromatic rings. The lowest BCUT2D eigenvalue weighted by atomic mass is 9.96.